The van der Waals surface area contributed by atoms with Gasteiger partial charge in [0, 0.05) is 25.7 Å². The second-order valence-electron chi connectivity index (χ2n) is 7.45. The zero-order valence-corrected chi connectivity index (χ0v) is 16.4. The highest BCUT2D eigenvalue weighted by atomic mass is 16.5. The minimum absolute atomic E-state index is 0.0837. The van der Waals surface area contributed by atoms with E-state index in [1.54, 1.807) is 0 Å². The molecule has 0 aliphatic carbocycles. The Balaban J connectivity index is 1.33. The normalized spacial score (nSPS) is 15.5. The van der Waals surface area contributed by atoms with Gasteiger partial charge in [-0.15, -0.1) is 0 Å². The lowest BCUT2D eigenvalue weighted by Gasteiger charge is -2.32. The summed E-state index contributed by atoms with van der Waals surface area (Å²) < 4.78 is 5.72. The van der Waals surface area contributed by atoms with E-state index in [4.69, 9.17) is 4.74 Å². The molecule has 27 heavy (non-hydrogen) atoms. The van der Waals surface area contributed by atoms with E-state index in [0.29, 0.717) is 13.0 Å². The lowest BCUT2D eigenvalue weighted by atomic mass is 10.0. The molecule has 1 aliphatic rings. The molecule has 2 aromatic carbocycles. The molecule has 4 heteroatoms. The first-order chi connectivity index (χ1) is 13.1. The molecule has 1 saturated heterocycles. The predicted octanol–water partition coefficient (Wildman–Crippen LogP) is 3.85. The van der Waals surface area contributed by atoms with Crippen LogP contribution in [0, 0.1) is 13.8 Å². The Hall–Kier alpha value is -2.33. The van der Waals surface area contributed by atoms with Crippen LogP contribution in [0.1, 0.15) is 36.0 Å². The zero-order chi connectivity index (χ0) is 19.1. The number of hydrogen-bond donors (Lipinski definition) is 1. The Bertz CT molecular complexity index is 737. The van der Waals surface area contributed by atoms with Crippen LogP contribution >= 0.6 is 0 Å². The maximum atomic E-state index is 12.2. The first kappa shape index (κ1) is 19.4. The lowest BCUT2D eigenvalue weighted by molar-refractivity contribution is -0.122. The second-order valence-corrected chi connectivity index (χ2v) is 7.45. The van der Waals surface area contributed by atoms with E-state index in [1.807, 2.05) is 18.2 Å². The number of hydrogen-bond acceptors (Lipinski definition) is 3. The van der Waals surface area contributed by atoms with E-state index in [0.717, 1.165) is 38.2 Å². The number of nitrogens with zero attached hydrogens (tertiary/aromatic N) is 1. The average Bonchev–Trinajstić information content (AvgIpc) is 2.67. The van der Waals surface area contributed by atoms with Crippen LogP contribution in [0.4, 0.5) is 0 Å². The van der Waals surface area contributed by atoms with Gasteiger partial charge in [0.2, 0.25) is 5.91 Å². The molecule has 0 bridgehead atoms. The van der Waals surface area contributed by atoms with E-state index in [9.17, 15) is 4.79 Å². The van der Waals surface area contributed by atoms with Crippen LogP contribution in [0.15, 0.2) is 48.5 Å². The van der Waals surface area contributed by atoms with Crippen molar-refractivity contribution in [3.8, 4) is 5.75 Å². The number of likely N-dealkylation sites (tertiary alicyclic amines) is 1. The molecule has 1 fully saturated rings. The Kier molecular flexibility index (Phi) is 6.88. The van der Waals surface area contributed by atoms with Gasteiger partial charge in [-0.3, -0.25) is 9.69 Å². The number of rotatable bonds is 7. The number of amides is 1. The largest absolute Gasteiger partial charge is 0.493 e. The number of benzene rings is 2. The van der Waals surface area contributed by atoms with Crippen LogP contribution in [0.25, 0.3) is 0 Å². The Morgan fingerprint density at radius 3 is 2.52 bits per heavy atom. The van der Waals surface area contributed by atoms with Crippen molar-refractivity contribution in [2.75, 3.05) is 19.7 Å². The summed E-state index contributed by atoms with van der Waals surface area (Å²) in [5.74, 6) is 0.917. The summed E-state index contributed by atoms with van der Waals surface area (Å²) in [5.41, 5.74) is 3.81. The third-order valence-electron chi connectivity index (χ3n) is 5.28. The average molecular weight is 367 g/mol. The van der Waals surface area contributed by atoms with Crippen molar-refractivity contribution >= 4 is 5.91 Å². The van der Waals surface area contributed by atoms with E-state index < -0.39 is 0 Å². The summed E-state index contributed by atoms with van der Waals surface area (Å²) in [4.78, 5) is 14.6. The molecule has 3 rings (SSSR count). The fraction of sp³-hybridized carbons (Fsp3) is 0.435. The topological polar surface area (TPSA) is 41.6 Å². The van der Waals surface area contributed by atoms with Crippen molar-refractivity contribution in [3.05, 3.63) is 65.2 Å². The highest BCUT2D eigenvalue weighted by Gasteiger charge is 2.20. The Morgan fingerprint density at radius 1 is 1.07 bits per heavy atom. The fourth-order valence-electron chi connectivity index (χ4n) is 3.44. The molecule has 144 valence electrons. The van der Waals surface area contributed by atoms with Gasteiger partial charge in [-0.25, -0.2) is 0 Å². The molecule has 0 atom stereocenters. The van der Waals surface area contributed by atoms with Gasteiger partial charge >= 0.3 is 0 Å². The standard InChI is InChI=1S/C23H30N2O2/c1-18-8-9-22(16-19(18)2)27-15-12-23(26)24-21-10-13-25(14-11-21)17-20-6-4-3-5-7-20/h3-9,16,21H,10-15,17H2,1-2H3,(H,24,26). The molecular formula is C23H30N2O2. The summed E-state index contributed by atoms with van der Waals surface area (Å²) in [6.45, 7) is 7.61. The van der Waals surface area contributed by atoms with Gasteiger partial charge in [-0.2, -0.15) is 0 Å². The van der Waals surface area contributed by atoms with E-state index in [1.165, 1.54) is 16.7 Å². The van der Waals surface area contributed by atoms with E-state index >= 15 is 0 Å². The van der Waals surface area contributed by atoms with Crippen molar-refractivity contribution in [1.82, 2.24) is 10.2 Å². The van der Waals surface area contributed by atoms with Gasteiger partial charge in [-0.1, -0.05) is 36.4 Å². The molecule has 0 spiro atoms. The monoisotopic (exact) mass is 366 g/mol. The number of aryl methyl sites for hydroxylation is 2. The maximum Gasteiger partial charge on any atom is 0.223 e. The molecule has 4 nitrogen and oxygen atoms in total. The molecule has 0 aromatic heterocycles. The summed E-state index contributed by atoms with van der Waals surface area (Å²) in [6, 6.07) is 16.9. The highest BCUT2D eigenvalue weighted by molar-refractivity contribution is 5.76. The molecule has 0 saturated carbocycles. The van der Waals surface area contributed by atoms with Gasteiger partial charge < -0.3 is 10.1 Å². The van der Waals surface area contributed by atoms with Crippen LogP contribution in [-0.4, -0.2) is 36.5 Å². The fourth-order valence-corrected chi connectivity index (χ4v) is 3.44. The highest BCUT2D eigenvalue weighted by Crippen LogP contribution is 2.17. The minimum Gasteiger partial charge on any atom is -0.493 e. The van der Waals surface area contributed by atoms with Crippen molar-refractivity contribution in [2.24, 2.45) is 0 Å². The summed E-state index contributed by atoms with van der Waals surface area (Å²) in [6.07, 6.45) is 2.42. The van der Waals surface area contributed by atoms with Gasteiger partial charge in [0.15, 0.2) is 0 Å². The predicted molar refractivity (Wildman–Crippen MR) is 109 cm³/mol. The molecule has 0 unspecified atom stereocenters. The number of carbonyl (C=O) groups excluding carboxylic acids is 1. The Morgan fingerprint density at radius 2 is 1.81 bits per heavy atom. The SMILES string of the molecule is Cc1ccc(OCCC(=O)NC2CCN(Cc3ccccc3)CC2)cc1C. The van der Waals surface area contributed by atoms with Gasteiger partial charge in [-0.05, 0) is 55.5 Å². The first-order valence-electron chi connectivity index (χ1n) is 9.86. The molecule has 0 radical (unpaired) electrons. The summed E-state index contributed by atoms with van der Waals surface area (Å²) in [5, 5.41) is 3.16. The number of piperidine rings is 1. The van der Waals surface area contributed by atoms with E-state index in [-0.39, 0.29) is 11.9 Å². The minimum atomic E-state index is 0.0837. The van der Waals surface area contributed by atoms with Crippen LogP contribution in [0.5, 0.6) is 5.75 Å². The quantitative estimate of drug-likeness (QED) is 0.809. The smallest absolute Gasteiger partial charge is 0.223 e. The second kappa shape index (κ2) is 9.56. The zero-order valence-electron chi connectivity index (χ0n) is 16.4. The van der Waals surface area contributed by atoms with Gasteiger partial charge in [0.05, 0.1) is 13.0 Å². The summed E-state index contributed by atoms with van der Waals surface area (Å²) >= 11 is 0. The van der Waals surface area contributed by atoms with Crippen LogP contribution in [-0.2, 0) is 11.3 Å². The number of carbonyl (C=O) groups is 1. The van der Waals surface area contributed by atoms with Crippen molar-refractivity contribution in [3.63, 3.8) is 0 Å². The first-order valence-corrected chi connectivity index (χ1v) is 9.86. The van der Waals surface area contributed by atoms with Gasteiger partial charge in [0.25, 0.3) is 0 Å². The third-order valence-corrected chi connectivity index (χ3v) is 5.28. The maximum absolute atomic E-state index is 12.2. The molecule has 1 amide bonds. The summed E-state index contributed by atoms with van der Waals surface area (Å²) in [7, 11) is 0. The molecular weight excluding hydrogens is 336 g/mol. The van der Waals surface area contributed by atoms with Gasteiger partial charge in [0.1, 0.15) is 5.75 Å². The molecule has 1 heterocycles. The van der Waals surface area contributed by atoms with Crippen molar-refractivity contribution < 1.29 is 9.53 Å². The van der Waals surface area contributed by atoms with Crippen LogP contribution in [0.2, 0.25) is 0 Å². The third kappa shape index (κ3) is 6.10. The number of nitrogens with one attached hydrogen (secondary N) is 1. The molecule has 2 aromatic rings. The van der Waals surface area contributed by atoms with Crippen LogP contribution in [0.3, 0.4) is 0 Å². The molecule has 1 aliphatic heterocycles. The van der Waals surface area contributed by atoms with Crippen molar-refractivity contribution in [2.45, 2.75) is 45.7 Å². The Labute approximate surface area is 162 Å². The number of ether oxygens (including phenoxy) is 1. The van der Waals surface area contributed by atoms with Crippen molar-refractivity contribution in [1.29, 1.82) is 0 Å². The van der Waals surface area contributed by atoms with E-state index in [2.05, 4.69) is 54.4 Å². The lowest BCUT2D eigenvalue weighted by Crippen LogP contribution is -2.44. The molecule has 1 N–H and O–H groups in total. The van der Waals surface area contributed by atoms with Crippen LogP contribution < -0.4 is 10.1 Å².